The number of nitrogens with one attached hydrogen (secondary N) is 2. The van der Waals surface area contributed by atoms with Gasteiger partial charge < -0.3 is 15.7 Å². The number of benzene rings is 1. The first-order valence-electron chi connectivity index (χ1n) is 9.15. The van der Waals surface area contributed by atoms with Crippen LogP contribution in [0, 0.1) is 0 Å². The second kappa shape index (κ2) is 10.3. The number of aryl methyl sites for hydroxylation is 1. The van der Waals surface area contributed by atoms with Crippen LogP contribution in [0.25, 0.3) is 5.69 Å². The Balaban J connectivity index is 0.00000300. The Labute approximate surface area is 187 Å². The van der Waals surface area contributed by atoms with E-state index in [4.69, 9.17) is 0 Å². The van der Waals surface area contributed by atoms with Gasteiger partial charge in [-0.05, 0) is 31.5 Å². The summed E-state index contributed by atoms with van der Waals surface area (Å²) in [5, 5.41) is 25.4. The Morgan fingerprint density at radius 2 is 1.97 bits per heavy atom. The van der Waals surface area contributed by atoms with E-state index in [1.54, 1.807) is 28.8 Å². The van der Waals surface area contributed by atoms with Crippen molar-refractivity contribution in [1.29, 1.82) is 0 Å². The highest BCUT2D eigenvalue weighted by Gasteiger charge is 2.24. The lowest BCUT2D eigenvalue weighted by Gasteiger charge is -2.23. The maximum absolute atomic E-state index is 10.7. The van der Waals surface area contributed by atoms with Crippen LogP contribution in [-0.4, -0.2) is 48.7 Å². The fourth-order valence-electron chi connectivity index (χ4n) is 2.66. The molecule has 1 aromatic carbocycles. The quantitative estimate of drug-likeness (QED) is 0.253. The number of hydrogen-bond acceptors (Lipinski definition) is 5. The van der Waals surface area contributed by atoms with Gasteiger partial charge in [-0.25, -0.2) is 14.7 Å². The lowest BCUT2D eigenvalue weighted by molar-refractivity contribution is 0.0616. The van der Waals surface area contributed by atoms with Gasteiger partial charge in [-0.1, -0.05) is 12.1 Å². The van der Waals surface area contributed by atoms with E-state index in [1.165, 1.54) is 6.33 Å². The minimum Gasteiger partial charge on any atom is -0.383 e. The smallest absolute Gasteiger partial charge is 0.191 e. The summed E-state index contributed by atoms with van der Waals surface area (Å²) in [7, 11) is 1.83. The van der Waals surface area contributed by atoms with Crippen LogP contribution in [0.5, 0.6) is 0 Å². The van der Waals surface area contributed by atoms with Gasteiger partial charge in [0.05, 0.1) is 25.0 Å². The zero-order valence-electron chi connectivity index (χ0n) is 16.8. The summed E-state index contributed by atoms with van der Waals surface area (Å²) in [6.45, 7) is 5.32. The summed E-state index contributed by atoms with van der Waals surface area (Å²) in [4.78, 5) is 8.56. The van der Waals surface area contributed by atoms with Crippen molar-refractivity contribution in [1.82, 2.24) is 35.2 Å². The second-order valence-corrected chi connectivity index (χ2v) is 6.73. The number of rotatable bonds is 7. The molecule has 0 saturated carbocycles. The number of nitrogens with zero attached hydrogens (tertiary/aromatic N) is 6. The van der Waals surface area contributed by atoms with Gasteiger partial charge in [0, 0.05) is 25.4 Å². The molecule has 1 atom stereocenters. The monoisotopic (exact) mass is 510 g/mol. The minimum absolute atomic E-state index is 0. The number of guanidine groups is 1. The summed E-state index contributed by atoms with van der Waals surface area (Å²) in [6.07, 6.45) is 6.65. The molecule has 2 heterocycles. The molecule has 0 spiro atoms. The van der Waals surface area contributed by atoms with E-state index in [0.717, 1.165) is 23.4 Å². The van der Waals surface area contributed by atoms with Crippen molar-refractivity contribution in [2.75, 3.05) is 13.1 Å². The summed E-state index contributed by atoms with van der Waals surface area (Å²) < 4.78 is 3.38. The van der Waals surface area contributed by atoms with Crippen molar-refractivity contribution in [2.45, 2.75) is 26.0 Å². The van der Waals surface area contributed by atoms with Gasteiger partial charge in [-0.15, -0.1) is 24.0 Å². The first kappa shape index (κ1) is 22.8. The largest absolute Gasteiger partial charge is 0.383 e. The van der Waals surface area contributed by atoms with Gasteiger partial charge in [0.2, 0.25) is 0 Å². The van der Waals surface area contributed by atoms with E-state index in [-0.39, 0.29) is 24.0 Å². The van der Waals surface area contributed by atoms with Gasteiger partial charge in [-0.3, -0.25) is 4.68 Å². The first-order valence-corrected chi connectivity index (χ1v) is 9.15. The van der Waals surface area contributed by atoms with Crippen molar-refractivity contribution >= 4 is 29.9 Å². The van der Waals surface area contributed by atoms with Gasteiger partial charge in [0.25, 0.3) is 0 Å². The standard InChI is InChI=1S/C19H26N8O.HI/c1-4-21-18(23-12-19(2,28)16-10-24-26(3)11-16)22-9-15-5-7-17(8-6-15)27-14-20-13-25-27;/h5-8,10-11,13-14,28H,4,9,12H2,1-3H3,(H2,21,22,23);1H. The Kier molecular flexibility index (Phi) is 8.14. The third-order valence-corrected chi connectivity index (χ3v) is 4.31. The molecule has 9 nitrogen and oxygen atoms in total. The first-order chi connectivity index (χ1) is 13.5. The number of aliphatic imine (C=N–C) groups is 1. The molecule has 0 bridgehead atoms. The molecule has 0 saturated heterocycles. The average Bonchev–Trinajstić information content (AvgIpc) is 3.37. The van der Waals surface area contributed by atoms with Crippen LogP contribution >= 0.6 is 24.0 Å². The lowest BCUT2D eigenvalue weighted by Crippen LogP contribution is -2.44. The fourth-order valence-corrected chi connectivity index (χ4v) is 2.66. The van der Waals surface area contributed by atoms with E-state index in [0.29, 0.717) is 19.0 Å². The van der Waals surface area contributed by atoms with Gasteiger partial charge in [-0.2, -0.15) is 10.2 Å². The number of halogens is 1. The van der Waals surface area contributed by atoms with E-state index < -0.39 is 5.60 Å². The van der Waals surface area contributed by atoms with Crippen molar-refractivity contribution in [3.8, 4) is 5.69 Å². The molecule has 0 aliphatic rings. The van der Waals surface area contributed by atoms with E-state index in [1.807, 2.05) is 44.4 Å². The minimum atomic E-state index is -1.05. The molecule has 0 radical (unpaired) electrons. The maximum atomic E-state index is 10.7. The van der Waals surface area contributed by atoms with Crippen molar-refractivity contribution in [3.63, 3.8) is 0 Å². The van der Waals surface area contributed by atoms with Crippen LogP contribution in [0.1, 0.15) is 25.0 Å². The third kappa shape index (κ3) is 6.26. The molecule has 29 heavy (non-hydrogen) atoms. The molecule has 0 aliphatic carbocycles. The maximum Gasteiger partial charge on any atom is 0.191 e. The van der Waals surface area contributed by atoms with Crippen molar-refractivity contribution < 1.29 is 5.11 Å². The van der Waals surface area contributed by atoms with E-state index in [2.05, 4.69) is 30.8 Å². The fraction of sp³-hybridized carbons (Fsp3) is 0.368. The molecule has 3 rings (SSSR count). The Bertz CT molecular complexity index is 903. The Hall–Kier alpha value is -2.47. The van der Waals surface area contributed by atoms with Gasteiger partial charge in [0.1, 0.15) is 18.3 Å². The van der Waals surface area contributed by atoms with Crippen LogP contribution in [0.2, 0.25) is 0 Å². The predicted octanol–water partition coefficient (Wildman–Crippen LogP) is 1.58. The predicted molar refractivity (Wildman–Crippen MR) is 122 cm³/mol. The molecular formula is C19H27IN8O. The summed E-state index contributed by atoms with van der Waals surface area (Å²) in [5.41, 5.74) is 1.72. The molecule has 0 aliphatic heterocycles. The van der Waals surface area contributed by atoms with Crippen molar-refractivity contribution in [2.24, 2.45) is 12.0 Å². The van der Waals surface area contributed by atoms with Crippen LogP contribution in [-0.2, 0) is 19.2 Å². The van der Waals surface area contributed by atoms with E-state index >= 15 is 0 Å². The highest BCUT2D eigenvalue weighted by Crippen LogP contribution is 2.18. The SMILES string of the molecule is CCNC(=NCc1ccc(-n2cncn2)cc1)NCC(C)(O)c1cnn(C)c1.I. The molecule has 3 aromatic rings. The normalized spacial score (nSPS) is 13.4. The average molecular weight is 510 g/mol. The molecule has 0 fully saturated rings. The highest BCUT2D eigenvalue weighted by molar-refractivity contribution is 14.0. The zero-order valence-corrected chi connectivity index (χ0v) is 19.1. The number of aliphatic hydroxyl groups is 1. The van der Waals surface area contributed by atoms with E-state index in [9.17, 15) is 5.11 Å². The topological polar surface area (TPSA) is 105 Å². The molecule has 2 aromatic heterocycles. The molecular weight excluding hydrogens is 483 g/mol. The molecule has 0 amide bonds. The van der Waals surface area contributed by atoms with Crippen LogP contribution in [0.15, 0.2) is 54.3 Å². The van der Waals surface area contributed by atoms with Gasteiger partial charge in [0.15, 0.2) is 5.96 Å². The number of hydrogen-bond donors (Lipinski definition) is 3. The Morgan fingerprint density at radius 1 is 1.21 bits per heavy atom. The molecule has 3 N–H and O–H groups in total. The second-order valence-electron chi connectivity index (χ2n) is 6.73. The Morgan fingerprint density at radius 3 is 2.55 bits per heavy atom. The van der Waals surface area contributed by atoms with Gasteiger partial charge >= 0.3 is 0 Å². The van der Waals surface area contributed by atoms with Crippen LogP contribution < -0.4 is 10.6 Å². The van der Waals surface area contributed by atoms with Crippen molar-refractivity contribution in [3.05, 3.63) is 60.4 Å². The molecule has 156 valence electrons. The summed E-state index contributed by atoms with van der Waals surface area (Å²) in [5.74, 6) is 0.645. The van der Waals surface area contributed by atoms with Crippen LogP contribution in [0.4, 0.5) is 0 Å². The zero-order chi connectivity index (χ0) is 20.0. The van der Waals surface area contributed by atoms with Crippen LogP contribution in [0.3, 0.4) is 0 Å². The third-order valence-electron chi connectivity index (χ3n) is 4.31. The lowest BCUT2D eigenvalue weighted by atomic mass is 10.00. The molecule has 1 unspecified atom stereocenters. The summed E-state index contributed by atoms with van der Waals surface area (Å²) >= 11 is 0. The highest BCUT2D eigenvalue weighted by atomic mass is 127. The number of aromatic nitrogens is 5. The summed E-state index contributed by atoms with van der Waals surface area (Å²) in [6, 6.07) is 7.98. The molecule has 10 heteroatoms.